The molecule has 0 radical (unpaired) electrons. The van der Waals surface area contributed by atoms with Gasteiger partial charge in [-0.15, -0.1) is 0 Å². The monoisotopic (exact) mass is 211 g/mol. The number of benzene rings is 1. The Morgan fingerprint density at radius 1 is 1.43 bits per heavy atom. The highest BCUT2D eigenvalue weighted by Crippen LogP contribution is 2.31. The first kappa shape index (κ1) is 9.97. The number of hydrogen-bond acceptors (Lipinski definition) is 2. The second kappa shape index (κ2) is 4.30. The van der Waals surface area contributed by atoms with E-state index in [9.17, 15) is 0 Å². The number of rotatable bonds is 2. The van der Waals surface area contributed by atoms with E-state index in [1.165, 1.54) is 0 Å². The van der Waals surface area contributed by atoms with E-state index in [1.807, 2.05) is 24.3 Å². The van der Waals surface area contributed by atoms with Gasteiger partial charge >= 0.3 is 0 Å². The summed E-state index contributed by atoms with van der Waals surface area (Å²) in [5, 5.41) is 13.2. The SMILES string of the molecule is OCC1CNC(c2ccccc2Cl)C1. The van der Waals surface area contributed by atoms with Crippen LogP contribution in [0.2, 0.25) is 5.02 Å². The first-order valence-electron chi connectivity index (χ1n) is 4.90. The fourth-order valence-electron chi connectivity index (χ4n) is 1.94. The second-order valence-electron chi connectivity index (χ2n) is 3.77. The molecule has 0 amide bonds. The van der Waals surface area contributed by atoms with E-state index < -0.39 is 0 Å². The lowest BCUT2D eigenvalue weighted by Gasteiger charge is -2.12. The third-order valence-corrected chi connectivity index (χ3v) is 3.11. The zero-order valence-corrected chi connectivity index (χ0v) is 8.67. The van der Waals surface area contributed by atoms with Crippen molar-refractivity contribution in [3.05, 3.63) is 34.9 Å². The van der Waals surface area contributed by atoms with Gasteiger partial charge in [-0.25, -0.2) is 0 Å². The summed E-state index contributed by atoms with van der Waals surface area (Å²) in [5.41, 5.74) is 1.14. The molecule has 14 heavy (non-hydrogen) atoms. The lowest BCUT2D eigenvalue weighted by atomic mass is 10.0. The van der Waals surface area contributed by atoms with Crippen molar-refractivity contribution in [1.29, 1.82) is 0 Å². The van der Waals surface area contributed by atoms with Gasteiger partial charge in [-0.2, -0.15) is 0 Å². The van der Waals surface area contributed by atoms with Crippen LogP contribution >= 0.6 is 11.6 Å². The average Bonchev–Trinajstić information content (AvgIpc) is 2.67. The van der Waals surface area contributed by atoms with Crippen LogP contribution in [-0.4, -0.2) is 18.3 Å². The van der Waals surface area contributed by atoms with E-state index in [1.54, 1.807) is 0 Å². The molecular weight excluding hydrogens is 198 g/mol. The van der Waals surface area contributed by atoms with E-state index >= 15 is 0 Å². The van der Waals surface area contributed by atoms with Crippen molar-refractivity contribution in [2.45, 2.75) is 12.5 Å². The van der Waals surface area contributed by atoms with Gasteiger partial charge in [0.05, 0.1) is 0 Å². The van der Waals surface area contributed by atoms with E-state index in [2.05, 4.69) is 5.32 Å². The Bertz CT molecular complexity index is 316. The molecule has 2 nitrogen and oxygen atoms in total. The van der Waals surface area contributed by atoms with Gasteiger partial charge in [-0.05, 0) is 24.0 Å². The van der Waals surface area contributed by atoms with Crippen LogP contribution in [0.1, 0.15) is 18.0 Å². The molecule has 0 aromatic heterocycles. The lowest BCUT2D eigenvalue weighted by molar-refractivity contribution is 0.236. The highest BCUT2D eigenvalue weighted by molar-refractivity contribution is 6.31. The molecule has 2 atom stereocenters. The Labute approximate surface area is 88.9 Å². The van der Waals surface area contributed by atoms with Gasteiger partial charge in [-0.3, -0.25) is 0 Å². The summed E-state index contributed by atoms with van der Waals surface area (Å²) in [6, 6.07) is 8.19. The van der Waals surface area contributed by atoms with Gasteiger partial charge in [0, 0.05) is 24.2 Å². The summed E-state index contributed by atoms with van der Waals surface area (Å²) < 4.78 is 0. The maximum absolute atomic E-state index is 9.03. The molecule has 2 rings (SSSR count). The Kier molecular flexibility index (Phi) is 3.06. The molecule has 2 unspecified atom stereocenters. The van der Waals surface area contributed by atoms with Gasteiger partial charge in [-0.1, -0.05) is 29.8 Å². The van der Waals surface area contributed by atoms with E-state index in [-0.39, 0.29) is 6.61 Å². The summed E-state index contributed by atoms with van der Waals surface area (Å²) in [4.78, 5) is 0. The number of aliphatic hydroxyl groups excluding tert-OH is 1. The van der Waals surface area contributed by atoms with Crippen LogP contribution in [0.3, 0.4) is 0 Å². The van der Waals surface area contributed by atoms with Crippen LogP contribution in [0.15, 0.2) is 24.3 Å². The van der Waals surface area contributed by atoms with E-state index in [0.29, 0.717) is 12.0 Å². The number of hydrogen-bond donors (Lipinski definition) is 2. The van der Waals surface area contributed by atoms with Crippen LogP contribution in [-0.2, 0) is 0 Å². The van der Waals surface area contributed by atoms with Crippen molar-refractivity contribution in [2.75, 3.05) is 13.2 Å². The molecule has 0 spiro atoms. The highest BCUT2D eigenvalue weighted by Gasteiger charge is 2.25. The Balaban J connectivity index is 2.13. The molecule has 0 saturated carbocycles. The standard InChI is InChI=1S/C11H14ClNO/c12-10-4-2-1-3-9(10)11-5-8(7-14)6-13-11/h1-4,8,11,13-14H,5-7H2. The molecular formula is C11H14ClNO. The lowest BCUT2D eigenvalue weighted by Crippen LogP contribution is -2.14. The Morgan fingerprint density at radius 2 is 2.21 bits per heavy atom. The summed E-state index contributed by atoms with van der Waals surface area (Å²) in [6.45, 7) is 1.14. The average molecular weight is 212 g/mol. The summed E-state index contributed by atoms with van der Waals surface area (Å²) in [6.07, 6.45) is 0.972. The minimum absolute atomic E-state index is 0.258. The first-order valence-corrected chi connectivity index (χ1v) is 5.27. The van der Waals surface area contributed by atoms with Crippen LogP contribution in [0.4, 0.5) is 0 Å². The Hall–Kier alpha value is -0.570. The van der Waals surface area contributed by atoms with Crippen molar-refractivity contribution in [1.82, 2.24) is 5.32 Å². The third-order valence-electron chi connectivity index (χ3n) is 2.76. The van der Waals surface area contributed by atoms with Gasteiger partial charge in [0.1, 0.15) is 0 Å². The summed E-state index contributed by atoms with van der Waals surface area (Å²) in [5.74, 6) is 0.372. The minimum atomic E-state index is 0.258. The molecule has 1 aromatic rings. The summed E-state index contributed by atoms with van der Waals surface area (Å²) >= 11 is 6.09. The van der Waals surface area contributed by atoms with Gasteiger partial charge in [0.15, 0.2) is 0 Å². The maximum Gasteiger partial charge on any atom is 0.0472 e. The maximum atomic E-state index is 9.03. The van der Waals surface area contributed by atoms with Gasteiger partial charge < -0.3 is 10.4 Å². The van der Waals surface area contributed by atoms with Crippen molar-refractivity contribution in [3.63, 3.8) is 0 Å². The molecule has 3 heteroatoms. The van der Waals surface area contributed by atoms with Crippen molar-refractivity contribution in [3.8, 4) is 0 Å². The normalized spacial score (nSPS) is 26.7. The van der Waals surface area contributed by atoms with Gasteiger partial charge in [0.2, 0.25) is 0 Å². The van der Waals surface area contributed by atoms with E-state index in [4.69, 9.17) is 16.7 Å². The topological polar surface area (TPSA) is 32.3 Å². The van der Waals surface area contributed by atoms with Crippen LogP contribution in [0.5, 0.6) is 0 Å². The van der Waals surface area contributed by atoms with Crippen LogP contribution < -0.4 is 5.32 Å². The zero-order chi connectivity index (χ0) is 9.97. The van der Waals surface area contributed by atoms with Gasteiger partial charge in [0.25, 0.3) is 0 Å². The quantitative estimate of drug-likeness (QED) is 0.784. The van der Waals surface area contributed by atoms with E-state index in [0.717, 1.165) is 23.6 Å². The predicted octanol–water partition coefficient (Wildman–Crippen LogP) is 1.98. The van der Waals surface area contributed by atoms with Crippen molar-refractivity contribution in [2.24, 2.45) is 5.92 Å². The molecule has 1 aliphatic heterocycles. The predicted molar refractivity (Wildman–Crippen MR) is 57.4 cm³/mol. The zero-order valence-electron chi connectivity index (χ0n) is 7.91. The second-order valence-corrected chi connectivity index (χ2v) is 4.17. The number of nitrogens with one attached hydrogen (secondary N) is 1. The molecule has 1 aliphatic rings. The number of halogens is 1. The fourth-order valence-corrected chi connectivity index (χ4v) is 2.21. The van der Waals surface area contributed by atoms with Crippen LogP contribution in [0.25, 0.3) is 0 Å². The minimum Gasteiger partial charge on any atom is -0.396 e. The van der Waals surface area contributed by atoms with Crippen molar-refractivity contribution < 1.29 is 5.11 Å². The first-order chi connectivity index (χ1) is 6.81. The molecule has 76 valence electrons. The summed E-state index contributed by atoms with van der Waals surface area (Å²) in [7, 11) is 0. The van der Waals surface area contributed by atoms with Crippen LogP contribution in [0, 0.1) is 5.92 Å². The fraction of sp³-hybridized carbons (Fsp3) is 0.455. The number of aliphatic hydroxyl groups is 1. The molecule has 1 saturated heterocycles. The largest absolute Gasteiger partial charge is 0.396 e. The Morgan fingerprint density at radius 3 is 2.86 bits per heavy atom. The third kappa shape index (κ3) is 1.92. The molecule has 0 aliphatic carbocycles. The van der Waals surface area contributed by atoms with Crippen molar-refractivity contribution >= 4 is 11.6 Å². The molecule has 1 heterocycles. The highest BCUT2D eigenvalue weighted by atomic mass is 35.5. The molecule has 2 N–H and O–H groups in total. The molecule has 0 bridgehead atoms. The molecule has 1 aromatic carbocycles. The smallest absolute Gasteiger partial charge is 0.0472 e. The molecule has 1 fully saturated rings.